The minimum Gasteiger partial charge on any atom is -0.460 e. The van der Waals surface area contributed by atoms with Gasteiger partial charge in [0.2, 0.25) is 24.1 Å². The lowest BCUT2D eigenvalue weighted by molar-refractivity contribution is -0.315. The van der Waals surface area contributed by atoms with Gasteiger partial charge < -0.3 is 104 Å². The van der Waals surface area contributed by atoms with Crippen molar-refractivity contribution >= 4 is 77.6 Å². The largest absolute Gasteiger partial charge is 0.460 e. The Hall–Kier alpha value is -8.51. The number of halogens is 18. The van der Waals surface area contributed by atoms with Crippen molar-refractivity contribution in [2.24, 2.45) is 50.7 Å². The molecule has 14 fully saturated rings. The van der Waals surface area contributed by atoms with E-state index < -0.39 is 312 Å². The smallest absolute Gasteiger partial charge is 0.434 e. The van der Waals surface area contributed by atoms with Crippen LogP contribution in [-0.2, 0) is 167 Å². The van der Waals surface area contributed by atoms with Crippen LogP contribution in [0.15, 0.2) is 0 Å². The lowest BCUT2D eigenvalue weighted by Gasteiger charge is -2.36. The van der Waals surface area contributed by atoms with E-state index in [1.54, 1.807) is 55.4 Å². The summed E-state index contributed by atoms with van der Waals surface area (Å²) >= 11 is 0. The molecule has 35 nitrogen and oxygen atoms in total. The second-order valence-electron chi connectivity index (χ2n) is 36.9. The molecular formula is C80H96F18O35. The molecule has 2 bridgehead atoms. The number of esters is 13. The number of rotatable bonds is 22. The molecule has 0 radical (unpaired) electrons. The van der Waals surface area contributed by atoms with Gasteiger partial charge in [0, 0.05) is 24.7 Å². The van der Waals surface area contributed by atoms with E-state index in [1.807, 2.05) is 13.8 Å². The van der Waals surface area contributed by atoms with E-state index in [-0.39, 0.29) is 51.0 Å². The number of carbonyl (C=O) groups excluding carboxylic acids is 13. The minimum atomic E-state index is -6.14. The SMILES string of the molecule is CCC(C)(C)C(=O)OC1C(=O)OC2C3OC(C)(C(CC(=O)OC(C(F)(F)F)C(F)(F)F)C(=O)OC(C)C(F)(F)F)OC3OC12.CCC(C)(C)C(=O)OC1C(=O)OC2C3OC4(CCC(C(=O)OC(C(F)(F)F)C(F)(F)F)CC4)OC3OC12.CCC(C)(C)C(=O)OC1C(=O)OC2C3OC4(COC(=O)C4)OC3OC12.CCC(C)(C)C(=O)OC1C2CC3C1OC(=O)C3(C(=O)OC(C)C(F)(F)F)C2. The number of fused-ring (bicyclic) bond motifs is 10. The second-order valence-corrected chi connectivity index (χ2v) is 36.9. The molecule has 0 aromatic heterocycles. The highest BCUT2D eigenvalue weighted by molar-refractivity contribution is 6.03. The van der Waals surface area contributed by atoms with Crippen LogP contribution < -0.4 is 0 Å². The average molecular weight is 1960 g/mol. The maximum Gasteiger partial charge on any atom is 0.434 e. The molecule has 0 aromatic carbocycles. The maximum absolute atomic E-state index is 13.1. The Morgan fingerprint density at radius 2 is 0.805 bits per heavy atom. The van der Waals surface area contributed by atoms with Gasteiger partial charge in [-0.25, -0.2) is 14.4 Å². The number of hydrogen-bond donors (Lipinski definition) is 0. The van der Waals surface area contributed by atoms with Gasteiger partial charge in [-0.1, -0.05) is 27.7 Å². The first-order chi connectivity index (χ1) is 60.9. The van der Waals surface area contributed by atoms with Crippen LogP contribution >= 0.6 is 0 Å². The van der Waals surface area contributed by atoms with Crippen LogP contribution in [0, 0.1) is 50.7 Å². The van der Waals surface area contributed by atoms with E-state index in [1.165, 1.54) is 13.8 Å². The average Bonchev–Trinajstić information content (AvgIpc) is 1.52. The molecular weight excluding hydrogens is 1860 g/mol. The zero-order valence-electron chi connectivity index (χ0n) is 73.2. The van der Waals surface area contributed by atoms with Gasteiger partial charge in [0.15, 0.2) is 84.7 Å². The zero-order chi connectivity index (χ0) is 99.7. The van der Waals surface area contributed by atoms with Gasteiger partial charge in [0.05, 0.1) is 34.0 Å². The summed E-state index contributed by atoms with van der Waals surface area (Å²) in [6, 6.07) is 0. The quantitative estimate of drug-likeness (QED) is 0.0421. The highest BCUT2D eigenvalue weighted by Crippen LogP contribution is 2.64. The summed E-state index contributed by atoms with van der Waals surface area (Å²) in [5.41, 5.74) is -5.01. The molecule has 3 saturated carbocycles. The third kappa shape index (κ3) is 21.2. The molecule has 133 heavy (non-hydrogen) atoms. The molecule has 25 atom stereocenters. The Kier molecular flexibility index (Phi) is 29.0. The topological polar surface area (TPSA) is 425 Å². The fourth-order valence-electron chi connectivity index (χ4n) is 16.4. The Morgan fingerprint density at radius 3 is 1.20 bits per heavy atom. The summed E-state index contributed by atoms with van der Waals surface area (Å²) in [6.07, 6.45) is -66.2. The number of carbonyl (C=O) groups is 13. The summed E-state index contributed by atoms with van der Waals surface area (Å²) < 4.78 is 346. The fourth-order valence-corrected chi connectivity index (χ4v) is 16.4. The first-order valence-electron chi connectivity index (χ1n) is 42.0. The van der Waals surface area contributed by atoms with E-state index in [9.17, 15) is 141 Å². The maximum atomic E-state index is 13.1. The number of ether oxygens (including phenoxy) is 22. The summed E-state index contributed by atoms with van der Waals surface area (Å²) in [6.45, 7) is 22.4. The second kappa shape index (κ2) is 36.8. The van der Waals surface area contributed by atoms with Gasteiger partial charge in [0.25, 0.3) is 12.2 Å². The van der Waals surface area contributed by atoms with Crippen molar-refractivity contribution in [3.63, 3.8) is 0 Å². The van der Waals surface area contributed by atoms with Gasteiger partial charge in [-0.15, -0.1) is 0 Å². The normalized spacial score (nSPS) is 35.2. The molecule has 752 valence electrons. The third-order valence-electron chi connectivity index (χ3n) is 26.1. The van der Waals surface area contributed by atoms with E-state index in [4.69, 9.17) is 85.3 Å². The zero-order valence-corrected chi connectivity index (χ0v) is 73.2. The van der Waals surface area contributed by atoms with E-state index in [2.05, 4.69) is 18.9 Å². The van der Waals surface area contributed by atoms with Crippen LogP contribution in [-0.4, -0.2) is 267 Å². The van der Waals surface area contributed by atoms with Crippen molar-refractivity contribution in [1.82, 2.24) is 0 Å². The Labute approximate surface area is 742 Å². The van der Waals surface area contributed by atoms with Crippen LogP contribution in [0.4, 0.5) is 79.0 Å². The van der Waals surface area contributed by atoms with Gasteiger partial charge in [0.1, 0.15) is 49.5 Å². The minimum absolute atomic E-state index is 0.0269. The molecule has 11 aliphatic heterocycles. The summed E-state index contributed by atoms with van der Waals surface area (Å²) in [5.74, 6) is -23.1. The number of alkyl halides is 18. The summed E-state index contributed by atoms with van der Waals surface area (Å²) in [5, 5.41) is 0. The highest BCUT2D eigenvalue weighted by Gasteiger charge is 2.77. The van der Waals surface area contributed by atoms with Crippen molar-refractivity contribution in [1.29, 1.82) is 0 Å². The molecule has 0 N–H and O–H groups in total. The van der Waals surface area contributed by atoms with Crippen LogP contribution in [0.2, 0.25) is 0 Å². The van der Waals surface area contributed by atoms with Gasteiger partial charge in [-0.3, -0.25) is 47.9 Å². The molecule has 3 aliphatic carbocycles. The first kappa shape index (κ1) is 105. The molecule has 53 heteroatoms. The van der Waals surface area contributed by atoms with Crippen molar-refractivity contribution in [3.05, 3.63) is 0 Å². The standard InChI is InChI=1S/C24H27F9O11.C22H26F6O9.C18H23F3O6.C16H20O9/c1-6-20(3,4)19(37)42-13-11-12(40-16(13)36)14-17(41-11)44-21(5,43-14)9(15(35)38-8(2)22(25,26)27)7-10(34)39-18(23(28,29)30)24(31,32)33;1-4-19(2,3)18(31)34-12-10-11(32-15(12)30)13-16(33-10)37-20(36-13)7-5-9(6-8-20)14(29)35-17(21(23,24)25)22(26,27)28;1-5-16(3,4)13(22)26-11-9-6-10-12(11)27-15(24)17(10,7-9)14(23)25-8(2)18(19,20)21;1-4-15(2,3)14(19)23-10-8-9(21-12(10)18)11-13(22-8)25-16(24-11)5-7(17)20-6-16/h8-9,11-14,17-18H,6-7H2,1-5H3;9-13,16-17H,4-8H2,1-3H3;8-12H,5-7H2,1-4H3;8-11,13H,4-6H2,1-3H3. The molecule has 0 amide bonds. The number of hydrogen-bond acceptors (Lipinski definition) is 35. The molecule has 2 spiro atoms. The van der Waals surface area contributed by atoms with Crippen LogP contribution in [0.3, 0.4) is 0 Å². The Balaban J connectivity index is 0.000000175. The van der Waals surface area contributed by atoms with Crippen LogP contribution in [0.25, 0.3) is 0 Å². The Morgan fingerprint density at radius 1 is 0.429 bits per heavy atom. The van der Waals surface area contributed by atoms with Crippen molar-refractivity contribution < 1.29 is 246 Å². The third-order valence-corrected chi connectivity index (χ3v) is 26.1. The lowest BCUT2D eigenvalue weighted by atomic mass is 9.73. The van der Waals surface area contributed by atoms with Crippen LogP contribution in [0.5, 0.6) is 0 Å². The predicted molar refractivity (Wildman–Crippen MR) is 385 cm³/mol. The van der Waals surface area contributed by atoms with Crippen LogP contribution in [0.1, 0.15) is 181 Å². The van der Waals surface area contributed by atoms with E-state index >= 15 is 0 Å². The van der Waals surface area contributed by atoms with Gasteiger partial charge in [-0.2, -0.15) is 79.0 Å². The van der Waals surface area contributed by atoms with Gasteiger partial charge >= 0.3 is 115 Å². The Bertz CT molecular complexity index is 4410. The molecule has 25 unspecified atom stereocenters. The van der Waals surface area contributed by atoms with Crippen molar-refractivity contribution in [3.8, 4) is 0 Å². The van der Waals surface area contributed by atoms with Crippen molar-refractivity contribution in [2.75, 3.05) is 6.61 Å². The summed E-state index contributed by atoms with van der Waals surface area (Å²) in [7, 11) is 0. The molecule has 14 rings (SSSR count). The van der Waals surface area contributed by atoms with Gasteiger partial charge in [-0.05, 0) is 128 Å². The predicted octanol–water partition coefficient (Wildman–Crippen LogP) is 9.80. The fraction of sp³-hybridized carbons (Fsp3) is 0.838. The molecule has 11 heterocycles. The first-order valence-corrected chi connectivity index (χ1v) is 42.0. The van der Waals surface area contributed by atoms with Crippen molar-refractivity contribution in [2.45, 2.75) is 364 Å². The lowest BCUT2D eigenvalue weighted by Crippen LogP contribution is -2.49. The highest BCUT2D eigenvalue weighted by atomic mass is 19.4. The number of cyclic esters (lactones) is 1. The summed E-state index contributed by atoms with van der Waals surface area (Å²) in [4.78, 5) is 160. The van der Waals surface area contributed by atoms with E-state index in [0.29, 0.717) is 39.0 Å². The molecule has 11 saturated heterocycles. The van der Waals surface area contributed by atoms with E-state index in [0.717, 1.165) is 13.8 Å². The monoisotopic (exact) mass is 1960 g/mol. The molecule has 0 aromatic rings. The molecule has 14 aliphatic rings.